The van der Waals surface area contributed by atoms with E-state index in [2.05, 4.69) is 15.6 Å². The van der Waals surface area contributed by atoms with Crippen molar-refractivity contribution >= 4 is 17.3 Å². The van der Waals surface area contributed by atoms with E-state index in [1.54, 1.807) is 13.3 Å². The minimum atomic E-state index is -0.0150. The number of hydrogen-bond acceptors (Lipinski definition) is 5. The summed E-state index contributed by atoms with van der Waals surface area (Å²) in [4.78, 5) is 18.2. The van der Waals surface area contributed by atoms with E-state index in [0.717, 1.165) is 25.1 Å². The molecule has 0 radical (unpaired) electrons. The van der Waals surface area contributed by atoms with Gasteiger partial charge in [-0.1, -0.05) is 0 Å². The Hall–Kier alpha value is -1.82. The van der Waals surface area contributed by atoms with Crippen molar-refractivity contribution in [2.45, 2.75) is 25.3 Å². The van der Waals surface area contributed by atoms with Crippen LogP contribution in [0, 0.1) is 0 Å². The molecule has 2 rings (SSSR count). The Morgan fingerprint density at radius 1 is 1.60 bits per heavy atom. The number of nitrogens with zero attached hydrogens (tertiary/aromatic N) is 2. The normalized spacial score (nSPS) is 17.9. The fraction of sp³-hybridized carbons (Fsp3) is 0.571. The zero-order chi connectivity index (χ0) is 14.5. The second-order valence-corrected chi connectivity index (χ2v) is 5.15. The molecule has 1 aromatic heterocycles. The molecule has 1 aliphatic heterocycles. The second-order valence-electron chi connectivity index (χ2n) is 5.15. The summed E-state index contributed by atoms with van der Waals surface area (Å²) in [6.07, 6.45) is 4.34. The molecular formula is C14H22N4O2. The van der Waals surface area contributed by atoms with Gasteiger partial charge in [0, 0.05) is 32.8 Å². The Morgan fingerprint density at radius 2 is 2.40 bits per heavy atom. The molecule has 0 bridgehead atoms. The maximum absolute atomic E-state index is 12.2. The lowest BCUT2D eigenvalue weighted by Gasteiger charge is -2.20. The monoisotopic (exact) mass is 278 g/mol. The van der Waals surface area contributed by atoms with Crippen LogP contribution in [0.4, 0.5) is 11.4 Å². The van der Waals surface area contributed by atoms with Crippen LogP contribution in [0.15, 0.2) is 12.3 Å². The molecule has 1 saturated heterocycles. The van der Waals surface area contributed by atoms with E-state index in [1.807, 2.05) is 25.1 Å². The summed E-state index contributed by atoms with van der Waals surface area (Å²) in [5.74, 6) is 0.419. The van der Waals surface area contributed by atoms with Crippen LogP contribution in [-0.2, 0) is 4.79 Å². The van der Waals surface area contributed by atoms with Gasteiger partial charge in [-0.3, -0.25) is 4.79 Å². The van der Waals surface area contributed by atoms with Crippen LogP contribution in [0.3, 0.4) is 0 Å². The maximum atomic E-state index is 12.2. The Balaban J connectivity index is 2.12. The van der Waals surface area contributed by atoms with Crippen molar-refractivity contribution in [3.05, 3.63) is 12.3 Å². The summed E-state index contributed by atoms with van der Waals surface area (Å²) >= 11 is 0. The summed E-state index contributed by atoms with van der Waals surface area (Å²) in [6.45, 7) is 0.997. The lowest BCUT2D eigenvalue weighted by atomic mass is 10.1. The molecule has 1 aromatic rings. The third kappa shape index (κ3) is 3.39. The van der Waals surface area contributed by atoms with Crippen molar-refractivity contribution in [2.24, 2.45) is 0 Å². The summed E-state index contributed by atoms with van der Waals surface area (Å²) in [6, 6.07) is 2.13. The molecule has 6 nitrogen and oxygen atoms in total. The first kappa shape index (κ1) is 14.6. The molecule has 1 fully saturated rings. The van der Waals surface area contributed by atoms with Crippen LogP contribution < -0.4 is 20.3 Å². The molecule has 2 N–H and O–H groups in total. The van der Waals surface area contributed by atoms with Gasteiger partial charge in [-0.2, -0.15) is 0 Å². The van der Waals surface area contributed by atoms with Gasteiger partial charge >= 0.3 is 0 Å². The van der Waals surface area contributed by atoms with Crippen LogP contribution in [-0.4, -0.2) is 44.7 Å². The smallest absolute Gasteiger partial charge is 0.239 e. The molecule has 0 saturated carbocycles. The number of nitrogens with one attached hydrogen (secondary N) is 2. The Labute approximate surface area is 119 Å². The van der Waals surface area contributed by atoms with Gasteiger partial charge < -0.3 is 20.3 Å². The van der Waals surface area contributed by atoms with E-state index >= 15 is 0 Å². The lowest BCUT2D eigenvalue weighted by Crippen LogP contribution is -2.28. The van der Waals surface area contributed by atoms with Gasteiger partial charge in [0.2, 0.25) is 11.8 Å². The van der Waals surface area contributed by atoms with Crippen molar-refractivity contribution in [3.63, 3.8) is 0 Å². The zero-order valence-corrected chi connectivity index (χ0v) is 12.3. The van der Waals surface area contributed by atoms with Gasteiger partial charge in [-0.25, -0.2) is 4.98 Å². The number of carbonyl (C=O) groups is 1. The number of hydrogen-bond donors (Lipinski definition) is 2. The summed E-state index contributed by atoms with van der Waals surface area (Å²) < 4.78 is 5.24. The minimum Gasteiger partial charge on any atom is -0.479 e. The van der Waals surface area contributed by atoms with Gasteiger partial charge in [0.15, 0.2) is 0 Å². The second kappa shape index (κ2) is 6.56. The van der Waals surface area contributed by atoms with E-state index in [-0.39, 0.29) is 11.9 Å². The molecule has 1 amide bonds. The van der Waals surface area contributed by atoms with E-state index in [9.17, 15) is 4.79 Å². The fourth-order valence-corrected chi connectivity index (χ4v) is 2.42. The zero-order valence-electron chi connectivity index (χ0n) is 12.3. The largest absolute Gasteiger partial charge is 0.479 e. The van der Waals surface area contributed by atoms with Gasteiger partial charge in [0.1, 0.15) is 5.69 Å². The molecule has 1 aliphatic rings. The number of carbonyl (C=O) groups excluding carboxylic acids is 1. The van der Waals surface area contributed by atoms with Gasteiger partial charge in [-0.05, 0) is 25.5 Å². The van der Waals surface area contributed by atoms with Gasteiger partial charge in [0.05, 0.1) is 12.8 Å². The number of ether oxygens (including phenoxy) is 1. The van der Waals surface area contributed by atoms with E-state index in [0.29, 0.717) is 18.0 Å². The van der Waals surface area contributed by atoms with Crippen molar-refractivity contribution < 1.29 is 9.53 Å². The Morgan fingerprint density at radius 3 is 3.00 bits per heavy atom. The predicted molar refractivity (Wildman–Crippen MR) is 79.4 cm³/mol. The van der Waals surface area contributed by atoms with Gasteiger partial charge in [0.25, 0.3) is 0 Å². The Kier molecular flexibility index (Phi) is 4.79. The quantitative estimate of drug-likeness (QED) is 0.848. The average molecular weight is 278 g/mol. The van der Waals surface area contributed by atoms with Crippen molar-refractivity contribution in [1.29, 1.82) is 0 Å². The standard InChI is InChI=1S/C14H22N4O2/c1-18(2)11-6-8-16-14(20-3)13(11)17-12(19)9-10-5-4-7-15-10/h6,8,10,15H,4-5,7,9H2,1-3H3,(H,17,19). The molecule has 2 heterocycles. The van der Waals surface area contributed by atoms with E-state index < -0.39 is 0 Å². The highest BCUT2D eigenvalue weighted by molar-refractivity contribution is 5.96. The third-order valence-electron chi connectivity index (χ3n) is 3.43. The molecule has 0 spiro atoms. The number of amides is 1. The number of anilines is 2. The summed E-state index contributed by atoms with van der Waals surface area (Å²) in [5.41, 5.74) is 1.51. The van der Waals surface area contributed by atoms with Crippen LogP contribution in [0.2, 0.25) is 0 Å². The van der Waals surface area contributed by atoms with Crippen LogP contribution in [0.25, 0.3) is 0 Å². The predicted octanol–water partition coefficient (Wildman–Crippen LogP) is 1.24. The molecule has 1 unspecified atom stereocenters. The molecular weight excluding hydrogens is 256 g/mol. The van der Waals surface area contributed by atoms with Gasteiger partial charge in [-0.15, -0.1) is 0 Å². The Bertz CT molecular complexity index is 470. The topological polar surface area (TPSA) is 66.5 Å². The highest BCUT2D eigenvalue weighted by atomic mass is 16.5. The molecule has 110 valence electrons. The van der Waals surface area contributed by atoms with Crippen molar-refractivity contribution in [2.75, 3.05) is 38.0 Å². The molecule has 0 aliphatic carbocycles. The summed E-state index contributed by atoms with van der Waals surface area (Å²) in [7, 11) is 5.39. The van der Waals surface area contributed by atoms with Crippen molar-refractivity contribution in [1.82, 2.24) is 10.3 Å². The molecule has 20 heavy (non-hydrogen) atoms. The molecule has 6 heteroatoms. The van der Waals surface area contributed by atoms with E-state index in [4.69, 9.17) is 4.74 Å². The number of pyridine rings is 1. The SMILES string of the molecule is COc1nccc(N(C)C)c1NC(=O)CC1CCCN1. The number of methoxy groups -OCH3 is 1. The molecule has 0 aromatic carbocycles. The summed E-state index contributed by atoms with van der Waals surface area (Å²) in [5, 5.41) is 6.25. The first-order chi connectivity index (χ1) is 9.61. The third-order valence-corrected chi connectivity index (χ3v) is 3.43. The number of aromatic nitrogens is 1. The maximum Gasteiger partial charge on any atom is 0.239 e. The van der Waals surface area contributed by atoms with E-state index in [1.165, 1.54) is 0 Å². The molecule has 1 atom stereocenters. The highest BCUT2D eigenvalue weighted by Crippen LogP contribution is 2.32. The van der Waals surface area contributed by atoms with Crippen molar-refractivity contribution in [3.8, 4) is 5.88 Å². The lowest BCUT2D eigenvalue weighted by molar-refractivity contribution is -0.116. The minimum absolute atomic E-state index is 0.0150. The number of rotatable bonds is 5. The van der Waals surface area contributed by atoms with Crippen LogP contribution >= 0.6 is 0 Å². The fourth-order valence-electron chi connectivity index (χ4n) is 2.42. The highest BCUT2D eigenvalue weighted by Gasteiger charge is 2.20. The van der Waals surface area contributed by atoms with Crippen LogP contribution in [0.5, 0.6) is 5.88 Å². The van der Waals surface area contributed by atoms with Crippen LogP contribution in [0.1, 0.15) is 19.3 Å². The first-order valence-corrected chi connectivity index (χ1v) is 6.85. The average Bonchev–Trinajstić information content (AvgIpc) is 2.91. The first-order valence-electron chi connectivity index (χ1n) is 6.85.